The maximum Gasteiger partial charge on any atom is 0.283 e. The quantitative estimate of drug-likeness (QED) is 0.197. The molecule has 0 spiro atoms. The summed E-state index contributed by atoms with van der Waals surface area (Å²) in [6.07, 6.45) is 1.10. The zero-order chi connectivity index (χ0) is 24.3. The molecule has 4 aromatic rings. The van der Waals surface area contributed by atoms with E-state index in [1.54, 1.807) is 0 Å². The molecule has 4 aromatic carbocycles. The number of benzene rings is 4. The van der Waals surface area contributed by atoms with Crippen LogP contribution in [0, 0.1) is 44.2 Å². The first-order valence-electron chi connectivity index (χ1n) is 10.1. The molecule has 0 saturated heterocycles. The molecule has 33 heavy (non-hydrogen) atoms. The predicted molar refractivity (Wildman–Crippen MR) is 127 cm³/mol. The van der Waals surface area contributed by atoms with Crippen LogP contribution in [0.3, 0.4) is 0 Å². The zero-order valence-electron chi connectivity index (χ0n) is 18.3. The van der Waals surface area contributed by atoms with Gasteiger partial charge in [0.2, 0.25) is 0 Å². The Morgan fingerprint density at radius 3 is 1.61 bits per heavy atom. The van der Waals surface area contributed by atoms with Crippen LogP contribution in [0.25, 0.3) is 21.5 Å². The predicted octanol–water partition coefficient (Wildman–Crippen LogP) is 6.58. The summed E-state index contributed by atoms with van der Waals surface area (Å²) in [5.74, 6) is 0. The third kappa shape index (κ3) is 4.93. The fraction of sp³-hybridized carbons (Fsp3) is 0.167. The monoisotopic (exact) mass is 447 g/mol. The van der Waals surface area contributed by atoms with Gasteiger partial charge in [-0.1, -0.05) is 55.0 Å². The van der Waals surface area contributed by atoms with Gasteiger partial charge in [0, 0.05) is 0 Å². The van der Waals surface area contributed by atoms with Gasteiger partial charge in [0.15, 0.2) is 0 Å². The average molecular weight is 447 g/mol. The number of nitro groups is 3. The SMILES string of the molecule is CCc1c(C)ccc2c1ccc1ccc(C)cc12.O=[N+]([O-])c1cc([N+](=O)[O-])cc([N+](=O)[O-])c1. The van der Waals surface area contributed by atoms with Crippen molar-refractivity contribution in [3.8, 4) is 0 Å². The Balaban J connectivity index is 0.000000190. The zero-order valence-corrected chi connectivity index (χ0v) is 18.3. The minimum Gasteiger partial charge on any atom is -0.258 e. The highest BCUT2D eigenvalue weighted by atomic mass is 16.6. The van der Waals surface area contributed by atoms with Gasteiger partial charge in [-0.2, -0.15) is 0 Å². The lowest BCUT2D eigenvalue weighted by molar-refractivity contribution is -0.403. The second-order valence-electron chi connectivity index (χ2n) is 7.58. The van der Waals surface area contributed by atoms with E-state index < -0.39 is 31.8 Å². The molecule has 9 heteroatoms. The molecule has 0 radical (unpaired) electrons. The number of non-ortho nitro benzene ring substituents is 3. The molecule has 0 amide bonds. The van der Waals surface area contributed by atoms with Crippen LogP contribution < -0.4 is 0 Å². The van der Waals surface area contributed by atoms with Gasteiger partial charge in [-0.05, 0) is 52.9 Å². The van der Waals surface area contributed by atoms with Gasteiger partial charge < -0.3 is 0 Å². The molecule has 0 aliphatic rings. The Bertz CT molecular complexity index is 1340. The van der Waals surface area contributed by atoms with Crippen LogP contribution in [-0.2, 0) is 6.42 Å². The van der Waals surface area contributed by atoms with Crippen LogP contribution in [0.15, 0.2) is 60.7 Å². The Morgan fingerprint density at radius 1 is 0.636 bits per heavy atom. The molecule has 0 saturated carbocycles. The van der Waals surface area contributed by atoms with Crippen LogP contribution in [0.5, 0.6) is 0 Å². The molecule has 168 valence electrons. The Morgan fingerprint density at radius 2 is 1.12 bits per heavy atom. The Labute approximate surface area is 188 Å². The van der Waals surface area contributed by atoms with E-state index in [2.05, 4.69) is 63.2 Å². The molecule has 0 aromatic heterocycles. The van der Waals surface area contributed by atoms with Crippen molar-refractivity contribution < 1.29 is 14.8 Å². The van der Waals surface area contributed by atoms with Crippen LogP contribution in [0.4, 0.5) is 17.1 Å². The Hall–Kier alpha value is -4.40. The summed E-state index contributed by atoms with van der Waals surface area (Å²) >= 11 is 0. The topological polar surface area (TPSA) is 129 Å². The van der Waals surface area contributed by atoms with Crippen LogP contribution in [0.1, 0.15) is 23.6 Å². The van der Waals surface area contributed by atoms with Gasteiger partial charge in [-0.3, -0.25) is 30.3 Å². The van der Waals surface area contributed by atoms with E-state index in [9.17, 15) is 30.3 Å². The first-order chi connectivity index (χ1) is 15.6. The van der Waals surface area contributed by atoms with Gasteiger partial charge in [0.25, 0.3) is 17.1 Å². The van der Waals surface area contributed by atoms with E-state index in [0.29, 0.717) is 18.2 Å². The Kier molecular flexibility index (Phi) is 6.62. The van der Waals surface area contributed by atoms with Crippen molar-refractivity contribution in [3.05, 3.63) is 108 Å². The van der Waals surface area contributed by atoms with Crippen LogP contribution in [-0.4, -0.2) is 14.8 Å². The first-order valence-corrected chi connectivity index (χ1v) is 10.1. The van der Waals surface area contributed by atoms with Crippen molar-refractivity contribution in [1.82, 2.24) is 0 Å². The summed E-state index contributed by atoms with van der Waals surface area (Å²) in [6.45, 7) is 6.61. The molecule has 0 bridgehead atoms. The lowest BCUT2D eigenvalue weighted by Gasteiger charge is -2.11. The molecule has 0 fully saturated rings. The highest BCUT2D eigenvalue weighted by molar-refractivity contribution is 6.08. The molecular weight excluding hydrogens is 426 g/mol. The molecule has 9 nitrogen and oxygen atoms in total. The summed E-state index contributed by atoms with van der Waals surface area (Å²) in [5, 5.41) is 36.4. The van der Waals surface area contributed by atoms with E-state index in [1.807, 2.05) is 0 Å². The number of aryl methyl sites for hydroxylation is 3. The number of fused-ring (bicyclic) bond motifs is 3. The lowest BCUT2D eigenvalue weighted by atomic mass is 9.93. The van der Waals surface area contributed by atoms with E-state index in [0.717, 1.165) is 6.42 Å². The molecule has 4 rings (SSSR count). The number of hydrogen-bond acceptors (Lipinski definition) is 6. The number of rotatable bonds is 4. The van der Waals surface area contributed by atoms with Crippen molar-refractivity contribution >= 4 is 38.6 Å². The molecule has 0 unspecified atom stereocenters. The highest BCUT2D eigenvalue weighted by Crippen LogP contribution is 2.30. The van der Waals surface area contributed by atoms with Crippen molar-refractivity contribution in [2.75, 3.05) is 0 Å². The van der Waals surface area contributed by atoms with Gasteiger partial charge in [-0.15, -0.1) is 0 Å². The highest BCUT2D eigenvalue weighted by Gasteiger charge is 2.21. The van der Waals surface area contributed by atoms with Crippen molar-refractivity contribution in [2.24, 2.45) is 0 Å². The molecule has 0 aliphatic carbocycles. The maximum atomic E-state index is 10.3. The fourth-order valence-electron chi connectivity index (χ4n) is 3.79. The summed E-state index contributed by atoms with van der Waals surface area (Å²) < 4.78 is 0. The molecule has 0 heterocycles. The lowest BCUT2D eigenvalue weighted by Crippen LogP contribution is -1.96. The second kappa shape index (κ2) is 9.39. The van der Waals surface area contributed by atoms with Crippen molar-refractivity contribution in [3.63, 3.8) is 0 Å². The van der Waals surface area contributed by atoms with Gasteiger partial charge >= 0.3 is 0 Å². The van der Waals surface area contributed by atoms with Gasteiger partial charge in [-0.25, -0.2) is 0 Å². The van der Waals surface area contributed by atoms with Crippen molar-refractivity contribution in [2.45, 2.75) is 27.2 Å². The van der Waals surface area contributed by atoms with Gasteiger partial charge in [0.05, 0.1) is 33.0 Å². The molecule has 0 aliphatic heterocycles. The maximum absolute atomic E-state index is 10.3. The number of hydrogen-bond donors (Lipinski definition) is 0. The largest absolute Gasteiger partial charge is 0.283 e. The van der Waals surface area contributed by atoms with Crippen molar-refractivity contribution in [1.29, 1.82) is 0 Å². The van der Waals surface area contributed by atoms with Crippen LogP contribution in [0.2, 0.25) is 0 Å². The number of nitrogens with zero attached hydrogens (tertiary/aromatic N) is 3. The van der Waals surface area contributed by atoms with E-state index in [4.69, 9.17) is 0 Å². The summed E-state index contributed by atoms with van der Waals surface area (Å²) in [6, 6.07) is 17.7. The third-order valence-electron chi connectivity index (χ3n) is 5.39. The second-order valence-corrected chi connectivity index (χ2v) is 7.58. The molecular formula is C24H21N3O6. The minimum atomic E-state index is -0.931. The van der Waals surface area contributed by atoms with E-state index >= 15 is 0 Å². The van der Waals surface area contributed by atoms with Gasteiger partial charge in [0.1, 0.15) is 0 Å². The normalized spacial score (nSPS) is 10.5. The first kappa shape index (κ1) is 23.3. The standard InChI is InChI=1S/C18H18.C6H3N3O6/c1-4-15-13(3)6-9-17-16(15)10-8-14-7-5-12(2)11-18(14)17;10-7(11)4-1-5(8(12)13)3-6(2-4)9(14)15/h5-11H,4H2,1-3H3;1-3H. The summed E-state index contributed by atoms with van der Waals surface area (Å²) in [4.78, 5) is 28.1. The van der Waals surface area contributed by atoms with Crippen LogP contribution >= 0.6 is 0 Å². The molecule has 0 atom stereocenters. The minimum absolute atomic E-state index is 0.660. The summed E-state index contributed by atoms with van der Waals surface area (Å²) in [7, 11) is 0. The molecule has 0 N–H and O–H groups in total. The average Bonchev–Trinajstić information content (AvgIpc) is 2.78. The van der Waals surface area contributed by atoms with E-state index in [1.165, 1.54) is 38.2 Å². The smallest absolute Gasteiger partial charge is 0.258 e. The number of nitro benzene ring substituents is 3. The van der Waals surface area contributed by atoms with E-state index in [-0.39, 0.29) is 0 Å². The fourth-order valence-corrected chi connectivity index (χ4v) is 3.79. The summed E-state index contributed by atoms with van der Waals surface area (Å²) in [5.41, 5.74) is 2.16. The third-order valence-corrected chi connectivity index (χ3v) is 5.39.